The molecule has 31 heavy (non-hydrogen) atoms. The van der Waals surface area contributed by atoms with Gasteiger partial charge in [0, 0.05) is 17.9 Å². The number of aromatic nitrogens is 3. The van der Waals surface area contributed by atoms with Gasteiger partial charge in [-0.25, -0.2) is 13.1 Å². The number of hydrogen-bond donors (Lipinski definition) is 1. The van der Waals surface area contributed by atoms with Crippen LogP contribution in [0.3, 0.4) is 0 Å². The summed E-state index contributed by atoms with van der Waals surface area (Å²) in [4.78, 5) is 0. The molecule has 0 aliphatic rings. The fourth-order valence-electron chi connectivity index (χ4n) is 3.13. The van der Waals surface area contributed by atoms with Crippen LogP contribution < -0.4 is 4.72 Å². The van der Waals surface area contributed by atoms with E-state index in [0.717, 1.165) is 22.3 Å². The summed E-state index contributed by atoms with van der Waals surface area (Å²) in [6.07, 6.45) is 1.89. The van der Waals surface area contributed by atoms with Crippen LogP contribution in [-0.2, 0) is 22.0 Å². The van der Waals surface area contributed by atoms with Crippen LogP contribution in [0.25, 0.3) is 11.4 Å². The Morgan fingerprint density at radius 1 is 1.00 bits per heavy atom. The molecule has 1 aromatic heterocycles. The first-order chi connectivity index (χ1) is 14.6. The largest absolute Gasteiger partial charge is 0.298 e. The lowest BCUT2D eigenvalue weighted by molar-refractivity contribution is 0.587. The Morgan fingerprint density at radius 2 is 1.68 bits per heavy atom. The van der Waals surface area contributed by atoms with E-state index in [4.69, 9.17) is 0 Å². The van der Waals surface area contributed by atoms with E-state index in [1.165, 1.54) is 17.4 Å². The molecular formula is C23H30N4O2S2. The molecule has 1 N–H and O–H groups in total. The number of benzene rings is 2. The minimum Gasteiger partial charge on any atom is -0.298 e. The number of sulfonamides is 1. The Bertz CT molecular complexity index is 1090. The predicted molar refractivity (Wildman–Crippen MR) is 128 cm³/mol. The van der Waals surface area contributed by atoms with Crippen molar-refractivity contribution in [2.75, 3.05) is 18.6 Å². The van der Waals surface area contributed by atoms with Crippen LogP contribution in [0.1, 0.15) is 38.3 Å². The van der Waals surface area contributed by atoms with Crippen LogP contribution in [0.15, 0.2) is 59.8 Å². The monoisotopic (exact) mass is 458 g/mol. The molecular weight excluding hydrogens is 428 g/mol. The van der Waals surface area contributed by atoms with Gasteiger partial charge < -0.3 is 0 Å². The normalized spacial score (nSPS) is 12.3. The molecule has 0 saturated carbocycles. The third-order valence-electron chi connectivity index (χ3n) is 4.83. The van der Waals surface area contributed by atoms with Crippen LogP contribution in [-0.4, -0.2) is 41.7 Å². The molecule has 0 amide bonds. The highest BCUT2D eigenvalue weighted by Crippen LogP contribution is 2.28. The Balaban J connectivity index is 1.82. The zero-order valence-corrected chi connectivity index (χ0v) is 20.1. The van der Waals surface area contributed by atoms with Gasteiger partial charge in [0.2, 0.25) is 10.0 Å². The van der Waals surface area contributed by atoms with Gasteiger partial charge in [-0.2, -0.15) is 0 Å². The Kier molecular flexibility index (Phi) is 7.56. The SMILES string of the molecule is CC(C)(C)c1ccc(-c2nnc(SCCCNS(C)(=O)=O)n2Cc2ccccc2)cc1. The molecule has 2 aromatic carbocycles. The van der Waals surface area contributed by atoms with E-state index >= 15 is 0 Å². The minimum absolute atomic E-state index is 0.0945. The fraction of sp³-hybridized carbons (Fsp3) is 0.391. The van der Waals surface area contributed by atoms with Gasteiger partial charge in [0.1, 0.15) is 0 Å². The lowest BCUT2D eigenvalue weighted by Crippen LogP contribution is -2.23. The first kappa shape index (κ1) is 23.5. The molecule has 0 bridgehead atoms. The zero-order valence-electron chi connectivity index (χ0n) is 18.5. The molecule has 0 spiro atoms. The highest BCUT2D eigenvalue weighted by molar-refractivity contribution is 7.99. The Hall–Kier alpha value is -2.16. The standard InChI is InChI=1S/C23H30N4O2S2/c1-23(2,3)20-13-11-19(12-14-20)21-25-26-22(30-16-8-15-24-31(4,28)29)27(21)17-18-9-6-5-7-10-18/h5-7,9-14,24H,8,15-17H2,1-4H3. The van der Waals surface area contributed by atoms with E-state index in [1.807, 2.05) is 18.2 Å². The molecule has 1 heterocycles. The molecule has 3 aromatic rings. The highest BCUT2D eigenvalue weighted by Gasteiger charge is 2.17. The second kappa shape index (κ2) is 9.97. The summed E-state index contributed by atoms with van der Waals surface area (Å²) in [6.45, 7) is 7.70. The van der Waals surface area contributed by atoms with Crippen molar-refractivity contribution in [2.45, 2.75) is 44.3 Å². The predicted octanol–water partition coefficient (Wildman–Crippen LogP) is 4.32. The zero-order chi connectivity index (χ0) is 22.5. The van der Waals surface area contributed by atoms with Crippen molar-refractivity contribution in [1.82, 2.24) is 19.5 Å². The van der Waals surface area contributed by atoms with Crippen LogP contribution in [0, 0.1) is 0 Å². The second-order valence-corrected chi connectivity index (χ2v) is 11.5. The highest BCUT2D eigenvalue weighted by atomic mass is 32.2. The lowest BCUT2D eigenvalue weighted by Gasteiger charge is -2.19. The molecule has 0 radical (unpaired) electrons. The summed E-state index contributed by atoms with van der Waals surface area (Å²) in [5.74, 6) is 1.58. The molecule has 0 saturated heterocycles. The fourth-order valence-corrected chi connectivity index (χ4v) is 4.52. The average molecular weight is 459 g/mol. The van der Waals surface area contributed by atoms with Crippen LogP contribution >= 0.6 is 11.8 Å². The van der Waals surface area contributed by atoms with Gasteiger partial charge >= 0.3 is 0 Å². The van der Waals surface area contributed by atoms with Crippen LogP contribution in [0.2, 0.25) is 0 Å². The number of hydrogen-bond acceptors (Lipinski definition) is 5. The number of thioether (sulfide) groups is 1. The van der Waals surface area contributed by atoms with Crippen molar-refractivity contribution in [3.63, 3.8) is 0 Å². The summed E-state index contributed by atoms with van der Waals surface area (Å²) in [6, 6.07) is 18.8. The Morgan fingerprint density at radius 3 is 2.29 bits per heavy atom. The summed E-state index contributed by atoms with van der Waals surface area (Å²) >= 11 is 1.59. The van der Waals surface area contributed by atoms with Gasteiger partial charge in [-0.05, 0) is 23.0 Å². The lowest BCUT2D eigenvalue weighted by atomic mass is 9.87. The van der Waals surface area contributed by atoms with Gasteiger partial charge in [-0.1, -0.05) is 87.1 Å². The summed E-state index contributed by atoms with van der Waals surface area (Å²) in [7, 11) is -3.16. The molecule has 0 atom stereocenters. The van der Waals surface area contributed by atoms with E-state index in [-0.39, 0.29) is 5.41 Å². The van der Waals surface area contributed by atoms with Crippen molar-refractivity contribution in [3.05, 3.63) is 65.7 Å². The van der Waals surface area contributed by atoms with E-state index in [9.17, 15) is 8.42 Å². The topological polar surface area (TPSA) is 76.9 Å². The number of nitrogens with zero attached hydrogens (tertiary/aromatic N) is 3. The van der Waals surface area contributed by atoms with Crippen molar-refractivity contribution in [3.8, 4) is 11.4 Å². The van der Waals surface area contributed by atoms with Gasteiger partial charge in [0.05, 0.1) is 12.8 Å². The quantitative estimate of drug-likeness (QED) is 0.382. The number of rotatable bonds is 9. The maximum absolute atomic E-state index is 11.2. The van der Waals surface area contributed by atoms with E-state index in [2.05, 4.69) is 76.7 Å². The van der Waals surface area contributed by atoms with Crippen molar-refractivity contribution in [1.29, 1.82) is 0 Å². The van der Waals surface area contributed by atoms with Gasteiger partial charge in [0.15, 0.2) is 11.0 Å². The molecule has 0 fully saturated rings. The maximum Gasteiger partial charge on any atom is 0.208 e. The summed E-state index contributed by atoms with van der Waals surface area (Å²) in [5.41, 5.74) is 3.58. The average Bonchev–Trinajstić information content (AvgIpc) is 3.09. The first-order valence-corrected chi connectivity index (χ1v) is 13.2. The molecule has 8 heteroatoms. The second-order valence-electron chi connectivity index (χ2n) is 8.57. The maximum atomic E-state index is 11.2. The van der Waals surface area contributed by atoms with E-state index in [0.29, 0.717) is 19.5 Å². The van der Waals surface area contributed by atoms with Gasteiger partial charge in [-0.3, -0.25) is 4.57 Å². The summed E-state index contributed by atoms with van der Waals surface area (Å²) in [5, 5.41) is 9.77. The molecule has 0 aliphatic heterocycles. The third-order valence-corrected chi connectivity index (χ3v) is 6.61. The van der Waals surface area contributed by atoms with Crippen LogP contribution in [0.5, 0.6) is 0 Å². The van der Waals surface area contributed by atoms with Crippen molar-refractivity contribution < 1.29 is 8.42 Å². The first-order valence-electron chi connectivity index (χ1n) is 10.3. The van der Waals surface area contributed by atoms with Crippen LogP contribution in [0.4, 0.5) is 0 Å². The molecule has 3 rings (SSSR count). The molecule has 0 aliphatic carbocycles. The van der Waals surface area contributed by atoms with Gasteiger partial charge in [-0.15, -0.1) is 10.2 Å². The summed E-state index contributed by atoms with van der Waals surface area (Å²) < 4.78 is 27.1. The minimum atomic E-state index is -3.16. The molecule has 166 valence electrons. The number of nitrogens with one attached hydrogen (secondary N) is 1. The Labute approximate surface area is 189 Å². The smallest absolute Gasteiger partial charge is 0.208 e. The van der Waals surface area contributed by atoms with Crippen molar-refractivity contribution in [2.24, 2.45) is 0 Å². The third kappa shape index (κ3) is 6.92. The molecule has 6 nitrogen and oxygen atoms in total. The van der Waals surface area contributed by atoms with E-state index in [1.54, 1.807) is 11.8 Å². The van der Waals surface area contributed by atoms with Crippen molar-refractivity contribution >= 4 is 21.8 Å². The van der Waals surface area contributed by atoms with E-state index < -0.39 is 10.0 Å². The van der Waals surface area contributed by atoms with Gasteiger partial charge in [0.25, 0.3) is 0 Å². The molecule has 0 unspecified atom stereocenters.